The summed E-state index contributed by atoms with van der Waals surface area (Å²) in [6.07, 6.45) is 0.880. The van der Waals surface area contributed by atoms with Crippen molar-refractivity contribution in [2.24, 2.45) is 5.73 Å². The second kappa shape index (κ2) is 6.07. The Morgan fingerprint density at radius 3 is 2.59 bits per heavy atom. The number of carbonyl (C=O) groups excluding carboxylic acids is 1. The van der Waals surface area contributed by atoms with Gasteiger partial charge in [0.1, 0.15) is 4.88 Å². The van der Waals surface area contributed by atoms with Crippen LogP contribution >= 0.6 is 23.6 Å². The Morgan fingerprint density at radius 1 is 1.53 bits per heavy atom. The molecule has 0 aliphatic heterocycles. The summed E-state index contributed by atoms with van der Waals surface area (Å²) in [5, 5.41) is 0.901. The van der Waals surface area contributed by atoms with Gasteiger partial charge in [-0.2, -0.15) is 0 Å². The van der Waals surface area contributed by atoms with Gasteiger partial charge in [0.25, 0.3) is 5.91 Å². The van der Waals surface area contributed by atoms with Crippen LogP contribution in [0.25, 0.3) is 0 Å². The molecule has 1 rings (SSSR count). The van der Waals surface area contributed by atoms with Crippen molar-refractivity contribution in [2.75, 3.05) is 13.1 Å². The molecular formula is C11H17N3OS2. The van der Waals surface area contributed by atoms with Crippen LogP contribution in [0.5, 0.6) is 0 Å². The van der Waals surface area contributed by atoms with E-state index in [1.54, 1.807) is 4.90 Å². The summed E-state index contributed by atoms with van der Waals surface area (Å²) in [6, 6.07) is 0. The molecule has 0 saturated carbocycles. The monoisotopic (exact) mass is 271 g/mol. The van der Waals surface area contributed by atoms with Gasteiger partial charge >= 0.3 is 0 Å². The van der Waals surface area contributed by atoms with Gasteiger partial charge < -0.3 is 10.6 Å². The van der Waals surface area contributed by atoms with Gasteiger partial charge in [0.15, 0.2) is 0 Å². The van der Waals surface area contributed by atoms with Crippen molar-refractivity contribution >= 4 is 34.5 Å². The van der Waals surface area contributed by atoms with Crippen molar-refractivity contribution in [1.82, 2.24) is 9.88 Å². The van der Waals surface area contributed by atoms with Gasteiger partial charge in [0.2, 0.25) is 0 Å². The van der Waals surface area contributed by atoms with Crippen LogP contribution in [0, 0.1) is 13.8 Å². The minimum absolute atomic E-state index is 0.0252. The highest BCUT2D eigenvalue weighted by Gasteiger charge is 2.20. The lowest BCUT2D eigenvalue weighted by atomic mass is 10.3. The van der Waals surface area contributed by atoms with Gasteiger partial charge in [-0.1, -0.05) is 19.1 Å². The number of carbonyl (C=O) groups is 1. The van der Waals surface area contributed by atoms with Gasteiger partial charge in [-0.25, -0.2) is 4.98 Å². The minimum Gasteiger partial charge on any atom is -0.392 e. The zero-order valence-corrected chi connectivity index (χ0v) is 12.0. The van der Waals surface area contributed by atoms with Crippen molar-refractivity contribution in [3.05, 3.63) is 15.6 Å². The fourth-order valence-corrected chi connectivity index (χ4v) is 2.63. The number of amides is 1. The maximum atomic E-state index is 12.3. The molecule has 0 aliphatic carbocycles. The Balaban J connectivity index is 2.91. The number of rotatable bonds is 5. The van der Waals surface area contributed by atoms with Crippen molar-refractivity contribution in [1.29, 1.82) is 0 Å². The maximum absolute atomic E-state index is 12.3. The summed E-state index contributed by atoms with van der Waals surface area (Å²) >= 11 is 6.28. The van der Waals surface area contributed by atoms with E-state index in [2.05, 4.69) is 4.98 Å². The molecule has 6 heteroatoms. The molecule has 1 aromatic heterocycles. The Morgan fingerprint density at radius 2 is 2.18 bits per heavy atom. The van der Waals surface area contributed by atoms with Crippen LogP contribution in [0.1, 0.15) is 33.7 Å². The van der Waals surface area contributed by atoms with E-state index in [1.165, 1.54) is 11.3 Å². The Hall–Kier alpha value is -1.01. The average molecular weight is 271 g/mol. The van der Waals surface area contributed by atoms with Gasteiger partial charge in [0, 0.05) is 6.54 Å². The van der Waals surface area contributed by atoms with E-state index in [1.807, 2.05) is 20.8 Å². The van der Waals surface area contributed by atoms with E-state index in [0.717, 1.165) is 17.1 Å². The number of thiazole rings is 1. The predicted molar refractivity (Wildman–Crippen MR) is 74.6 cm³/mol. The standard InChI is InChI=1S/C11H17N3OS2/c1-4-5-14(6-9(12)16)11(15)10-7(2)13-8(3)17-10/h4-6H2,1-3H3,(H2,12,16). The van der Waals surface area contributed by atoms with Crippen molar-refractivity contribution in [3.8, 4) is 0 Å². The molecule has 2 N–H and O–H groups in total. The molecule has 1 amide bonds. The molecule has 0 aromatic carbocycles. The van der Waals surface area contributed by atoms with E-state index in [0.29, 0.717) is 23.0 Å². The first-order valence-corrected chi connectivity index (χ1v) is 6.69. The quantitative estimate of drug-likeness (QED) is 0.831. The van der Waals surface area contributed by atoms with Gasteiger partial charge in [0.05, 0.1) is 22.2 Å². The van der Waals surface area contributed by atoms with Crippen LogP contribution < -0.4 is 5.73 Å². The lowest BCUT2D eigenvalue weighted by Crippen LogP contribution is -2.38. The summed E-state index contributed by atoms with van der Waals surface area (Å²) in [7, 11) is 0. The predicted octanol–water partition coefficient (Wildman–Crippen LogP) is 1.90. The molecule has 17 heavy (non-hydrogen) atoms. The third-order valence-electron chi connectivity index (χ3n) is 2.23. The van der Waals surface area contributed by atoms with Crippen LogP contribution in [0.3, 0.4) is 0 Å². The summed E-state index contributed by atoms with van der Waals surface area (Å²) < 4.78 is 0. The molecule has 1 aromatic rings. The molecule has 0 unspecified atom stereocenters. The molecule has 4 nitrogen and oxygen atoms in total. The third-order valence-corrected chi connectivity index (χ3v) is 3.42. The second-order valence-electron chi connectivity index (χ2n) is 3.84. The number of aryl methyl sites for hydroxylation is 2. The highest BCUT2D eigenvalue weighted by molar-refractivity contribution is 7.80. The number of nitrogens with two attached hydrogens (primary N) is 1. The number of aromatic nitrogens is 1. The van der Waals surface area contributed by atoms with E-state index in [9.17, 15) is 4.79 Å². The number of hydrogen-bond donors (Lipinski definition) is 1. The minimum atomic E-state index is -0.0252. The van der Waals surface area contributed by atoms with Crippen LogP contribution in [-0.2, 0) is 0 Å². The van der Waals surface area contributed by atoms with E-state index < -0.39 is 0 Å². The van der Waals surface area contributed by atoms with E-state index in [-0.39, 0.29) is 5.91 Å². The van der Waals surface area contributed by atoms with Crippen molar-refractivity contribution in [3.63, 3.8) is 0 Å². The van der Waals surface area contributed by atoms with E-state index in [4.69, 9.17) is 18.0 Å². The molecule has 0 atom stereocenters. The summed E-state index contributed by atoms with van der Waals surface area (Å²) in [6.45, 7) is 6.75. The smallest absolute Gasteiger partial charge is 0.266 e. The second-order valence-corrected chi connectivity index (χ2v) is 5.57. The molecule has 0 fully saturated rings. The molecule has 0 saturated heterocycles. The van der Waals surface area contributed by atoms with Crippen LogP contribution in [0.4, 0.5) is 0 Å². The van der Waals surface area contributed by atoms with Crippen molar-refractivity contribution < 1.29 is 4.79 Å². The first kappa shape index (κ1) is 14.1. The van der Waals surface area contributed by atoms with E-state index >= 15 is 0 Å². The van der Waals surface area contributed by atoms with Gasteiger partial charge in [-0.3, -0.25) is 4.79 Å². The Kier molecular flexibility index (Phi) is 5.02. The molecule has 0 spiro atoms. The fraction of sp³-hybridized carbons (Fsp3) is 0.545. The fourth-order valence-electron chi connectivity index (χ4n) is 1.58. The SMILES string of the molecule is CCCN(CC(N)=S)C(=O)c1sc(C)nc1C. The molecular weight excluding hydrogens is 254 g/mol. The summed E-state index contributed by atoms with van der Waals surface area (Å²) in [4.78, 5) is 19.3. The van der Waals surface area contributed by atoms with Crippen molar-refractivity contribution in [2.45, 2.75) is 27.2 Å². The molecule has 0 radical (unpaired) electrons. The number of thiocarbonyl (C=S) groups is 1. The average Bonchev–Trinajstić information content (AvgIpc) is 2.55. The Bertz CT molecular complexity index is 428. The lowest BCUT2D eigenvalue weighted by Gasteiger charge is -2.20. The normalized spacial score (nSPS) is 10.3. The largest absolute Gasteiger partial charge is 0.392 e. The number of hydrogen-bond acceptors (Lipinski definition) is 4. The number of nitrogens with zero attached hydrogens (tertiary/aromatic N) is 2. The summed E-state index contributed by atoms with van der Waals surface area (Å²) in [5.74, 6) is -0.0252. The first-order valence-electron chi connectivity index (χ1n) is 5.47. The highest BCUT2D eigenvalue weighted by atomic mass is 32.1. The van der Waals surface area contributed by atoms with Crippen LogP contribution in [0.2, 0.25) is 0 Å². The molecule has 0 bridgehead atoms. The molecule has 94 valence electrons. The first-order chi connectivity index (χ1) is 7.95. The van der Waals surface area contributed by atoms with Crippen LogP contribution in [0.15, 0.2) is 0 Å². The van der Waals surface area contributed by atoms with Crippen LogP contribution in [-0.4, -0.2) is 33.9 Å². The molecule has 0 aliphatic rings. The van der Waals surface area contributed by atoms with Gasteiger partial charge in [-0.15, -0.1) is 11.3 Å². The molecule has 1 heterocycles. The zero-order valence-electron chi connectivity index (χ0n) is 10.3. The summed E-state index contributed by atoms with van der Waals surface area (Å²) in [5.41, 5.74) is 6.29. The highest BCUT2D eigenvalue weighted by Crippen LogP contribution is 2.19. The Labute approximate surface area is 111 Å². The van der Waals surface area contributed by atoms with Gasteiger partial charge in [-0.05, 0) is 20.3 Å². The lowest BCUT2D eigenvalue weighted by molar-refractivity contribution is 0.0784. The zero-order chi connectivity index (χ0) is 13.0. The maximum Gasteiger partial charge on any atom is 0.266 e. The third kappa shape index (κ3) is 3.74. The topological polar surface area (TPSA) is 59.2 Å².